The van der Waals surface area contributed by atoms with E-state index in [2.05, 4.69) is 12.2 Å². The van der Waals surface area contributed by atoms with Crippen molar-refractivity contribution < 1.29 is 9.59 Å². The van der Waals surface area contributed by atoms with Crippen molar-refractivity contribution in [1.29, 1.82) is 0 Å². The number of rotatable bonds is 3. The first-order valence-corrected chi connectivity index (χ1v) is 8.66. The Morgan fingerprint density at radius 3 is 2.87 bits per heavy atom. The number of nitrogens with two attached hydrogens (primary N) is 1. The average molecular weight is 349 g/mol. The fourth-order valence-electron chi connectivity index (χ4n) is 2.91. The molecule has 2 aromatic rings. The van der Waals surface area contributed by atoms with Crippen molar-refractivity contribution in [2.75, 3.05) is 5.32 Å². The molecule has 6 heteroatoms. The molecule has 0 spiro atoms. The van der Waals surface area contributed by atoms with Crippen LogP contribution in [0.1, 0.15) is 44.5 Å². The number of nitrogens with one attached hydrogen (secondary N) is 1. The summed E-state index contributed by atoms with van der Waals surface area (Å²) in [4.78, 5) is 25.4. The van der Waals surface area contributed by atoms with E-state index in [4.69, 9.17) is 17.3 Å². The van der Waals surface area contributed by atoms with Gasteiger partial charge in [-0.05, 0) is 48.9 Å². The topological polar surface area (TPSA) is 72.2 Å². The van der Waals surface area contributed by atoms with Crippen LogP contribution in [0.3, 0.4) is 0 Å². The second kappa shape index (κ2) is 6.34. The Balaban J connectivity index is 1.94. The molecule has 3 rings (SSSR count). The van der Waals surface area contributed by atoms with Gasteiger partial charge in [-0.25, -0.2) is 0 Å². The van der Waals surface area contributed by atoms with E-state index in [1.54, 1.807) is 24.3 Å². The number of aryl methyl sites for hydroxylation is 1. The van der Waals surface area contributed by atoms with Crippen LogP contribution in [0.4, 0.5) is 5.00 Å². The van der Waals surface area contributed by atoms with E-state index in [9.17, 15) is 9.59 Å². The first-order valence-electron chi connectivity index (χ1n) is 7.47. The van der Waals surface area contributed by atoms with Gasteiger partial charge in [0.25, 0.3) is 11.8 Å². The van der Waals surface area contributed by atoms with Gasteiger partial charge in [0, 0.05) is 15.5 Å². The summed E-state index contributed by atoms with van der Waals surface area (Å²) in [6.07, 6.45) is 2.85. The van der Waals surface area contributed by atoms with E-state index < -0.39 is 5.91 Å². The van der Waals surface area contributed by atoms with Crippen molar-refractivity contribution in [2.45, 2.75) is 26.2 Å². The predicted molar refractivity (Wildman–Crippen MR) is 93.4 cm³/mol. The summed E-state index contributed by atoms with van der Waals surface area (Å²) in [6.45, 7) is 2.16. The third-order valence-corrected chi connectivity index (χ3v) is 5.51. The van der Waals surface area contributed by atoms with Crippen LogP contribution in [0.15, 0.2) is 24.3 Å². The summed E-state index contributed by atoms with van der Waals surface area (Å²) in [5.41, 5.74) is 7.48. The number of halogens is 1. The molecule has 1 aliphatic carbocycles. The van der Waals surface area contributed by atoms with Gasteiger partial charge in [-0.2, -0.15) is 0 Å². The maximum Gasteiger partial charge on any atom is 0.256 e. The van der Waals surface area contributed by atoms with Gasteiger partial charge >= 0.3 is 0 Å². The lowest BCUT2D eigenvalue weighted by molar-refractivity contribution is 0.1000. The first-order chi connectivity index (χ1) is 11.0. The van der Waals surface area contributed by atoms with Crippen LogP contribution in [-0.2, 0) is 12.8 Å². The minimum absolute atomic E-state index is 0.290. The molecule has 3 N–H and O–H groups in total. The Morgan fingerprint density at radius 1 is 1.39 bits per heavy atom. The lowest BCUT2D eigenvalue weighted by Gasteiger charge is -2.18. The predicted octanol–water partition coefficient (Wildman–Crippen LogP) is 3.88. The van der Waals surface area contributed by atoms with Crippen molar-refractivity contribution in [2.24, 2.45) is 11.7 Å². The number of thiophene rings is 1. The van der Waals surface area contributed by atoms with Crippen LogP contribution in [0.2, 0.25) is 5.02 Å². The lowest BCUT2D eigenvalue weighted by Crippen LogP contribution is -2.19. The number of anilines is 1. The zero-order chi connectivity index (χ0) is 16.6. The van der Waals surface area contributed by atoms with Gasteiger partial charge in [0.2, 0.25) is 0 Å². The molecule has 1 aromatic heterocycles. The van der Waals surface area contributed by atoms with Crippen LogP contribution in [0.25, 0.3) is 0 Å². The van der Waals surface area contributed by atoms with Crippen LogP contribution < -0.4 is 11.1 Å². The monoisotopic (exact) mass is 348 g/mol. The standard InChI is InChI=1S/C17H17ClN2O2S/c1-9-5-6-13-12(7-9)14(15(19)21)17(23-13)20-16(22)10-3-2-4-11(18)8-10/h2-4,8-9H,5-7H2,1H3,(H2,19,21)(H,20,22)/t9-/m0/s1. The van der Waals surface area contributed by atoms with Crippen LogP contribution in [-0.4, -0.2) is 11.8 Å². The molecule has 1 aromatic carbocycles. The summed E-state index contributed by atoms with van der Waals surface area (Å²) in [7, 11) is 0. The highest BCUT2D eigenvalue weighted by atomic mass is 35.5. The largest absolute Gasteiger partial charge is 0.365 e. The van der Waals surface area contributed by atoms with E-state index in [1.165, 1.54) is 11.3 Å². The van der Waals surface area contributed by atoms with E-state index in [0.29, 0.717) is 27.1 Å². The molecule has 0 aliphatic heterocycles. The first kappa shape index (κ1) is 16.0. The number of primary amides is 1. The van der Waals surface area contributed by atoms with Gasteiger partial charge < -0.3 is 11.1 Å². The van der Waals surface area contributed by atoms with Crippen molar-refractivity contribution in [3.05, 3.63) is 50.9 Å². The molecule has 1 atom stereocenters. The second-order valence-electron chi connectivity index (χ2n) is 5.88. The number of carbonyl (C=O) groups is 2. The Hall–Kier alpha value is -1.85. The quantitative estimate of drug-likeness (QED) is 0.883. The molecular formula is C17H17ClN2O2S. The number of hydrogen-bond donors (Lipinski definition) is 2. The van der Waals surface area contributed by atoms with E-state index in [1.807, 2.05) is 0 Å². The average Bonchev–Trinajstić information content (AvgIpc) is 2.84. The number of benzene rings is 1. The summed E-state index contributed by atoms with van der Waals surface area (Å²) in [5.74, 6) is -0.258. The van der Waals surface area contributed by atoms with Gasteiger partial charge in [-0.15, -0.1) is 11.3 Å². The smallest absolute Gasteiger partial charge is 0.256 e. The minimum Gasteiger partial charge on any atom is -0.365 e. The maximum atomic E-state index is 12.4. The van der Waals surface area contributed by atoms with Crippen molar-refractivity contribution in [1.82, 2.24) is 0 Å². The third-order valence-electron chi connectivity index (χ3n) is 4.07. The van der Waals surface area contributed by atoms with Gasteiger partial charge in [-0.1, -0.05) is 24.6 Å². The fraction of sp³-hybridized carbons (Fsp3) is 0.294. The van der Waals surface area contributed by atoms with Gasteiger partial charge in [-0.3, -0.25) is 9.59 Å². The van der Waals surface area contributed by atoms with Gasteiger partial charge in [0.05, 0.1) is 5.56 Å². The van der Waals surface area contributed by atoms with E-state index in [0.717, 1.165) is 29.7 Å². The molecule has 120 valence electrons. The molecule has 0 saturated carbocycles. The Morgan fingerprint density at radius 2 is 2.17 bits per heavy atom. The van der Waals surface area contributed by atoms with Gasteiger partial charge in [0.15, 0.2) is 0 Å². The third kappa shape index (κ3) is 3.26. The van der Waals surface area contributed by atoms with Crippen molar-refractivity contribution in [3.8, 4) is 0 Å². The summed E-state index contributed by atoms with van der Waals surface area (Å²) in [6, 6.07) is 6.70. The molecule has 0 bridgehead atoms. The molecule has 0 unspecified atom stereocenters. The van der Waals surface area contributed by atoms with Crippen LogP contribution >= 0.6 is 22.9 Å². The van der Waals surface area contributed by atoms with Crippen molar-refractivity contribution >= 4 is 39.8 Å². The maximum absolute atomic E-state index is 12.4. The molecular weight excluding hydrogens is 332 g/mol. The summed E-state index contributed by atoms with van der Waals surface area (Å²) >= 11 is 7.37. The van der Waals surface area contributed by atoms with Crippen molar-refractivity contribution in [3.63, 3.8) is 0 Å². The fourth-order valence-corrected chi connectivity index (χ4v) is 4.35. The number of amides is 2. The number of hydrogen-bond acceptors (Lipinski definition) is 3. The highest BCUT2D eigenvalue weighted by Crippen LogP contribution is 2.39. The Kier molecular flexibility index (Phi) is 4.41. The zero-order valence-electron chi connectivity index (χ0n) is 12.7. The molecule has 0 saturated heterocycles. The van der Waals surface area contributed by atoms with Gasteiger partial charge in [0.1, 0.15) is 5.00 Å². The van der Waals surface area contributed by atoms with E-state index in [-0.39, 0.29) is 5.91 Å². The van der Waals surface area contributed by atoms with Crippen LogP contribution in [0.5, 0.6) is 0 Å². The number of carbonyl (C=O) groups excluding carboxylic acids is 2. The molecule has 2 amide bonds. The highest BCUT2D eigenvalue weighted by Gasteiger charge is 2.27. The minimum atomic E-state index is -0.488. The number of fused-ring (bicyclic) bond motifs is 1. The normalized spacial score (nSPS) is 16.7. The lowest BCUT2D eigenvalue weighted by atomic mass is 9.87. The Bertz CT molecular complexity index is 785. The van der Waals surface area contributed by atoms with E-state index >= 15 is 0 Å². The molecule has 23 heavy (non-hydrogen) atoms. The highest BCUT2D eigenvalue weighted by molar-refractivity contribution is 7.17. The second-order valence-corrected chi connectivity index (χ2v) is 7.43. The Labute approximate surface area is 143 Å². The zero-order valence-corrected chi connectivity index (χ0v) is 14.3. The summed E-state index contributed by atoms with van der Waals surface area (Å²) < 4.78 is 0. The SMILES string of the molecule is C[C@H]1CCc2sc(NC(=O)c3cccc(Cl)c3)c(C(N)=O)c2C1. The molecule has 4 nitrogen and oxygen atoms in total. The van der Waals surface area contributed by atoms with Crippen LogP contribution in [0, 0.1) is 5.92 Å². The molecule has 0 radical (unpaired) electrons. The molecule has 1 aliphatic rings. The summed E-state index contributed by atoms with van der Waals surface area (Å²) in [5, 5.41) is 3.86. The molecule has 0 fully saturated rings. The molecule has 1 heterocycles.